The molecule has 1 aromatic carbocycles. The Morgan fingerprint density at radius 1 is 0.878 bits per heavy atom. The van der Waals surface area contributed by atoms with Gasteiger partial charge >= 0.3 is 11.9 Å². The standard InChI is InChI=1S/C36H54O5/c1-5-6-7-8-28-11-15-31(16-12-28)33-19-21-34(22-20-33)32-17-13-29(14-18-32)9-10-30(24-40-35(38)26(2)3)25-41-36(39)27(4)23-37/h11-12,15-16,29-30,32-34,37H,2,4-10,13-14,17-25H2,1,3H3. The molecule has 1 N–H and O–H groups in total. The number of esters is 2. The Morgan fingerprint density at radius 3 is 2.02 bits per heavy atom. The van der Waals surface area contributed by atoms with Gasteiger partial charge in [0.05, 0.1) is 25.4 Å². The van der Waals surface area contributed by atoms with E-state index < -0.39 is 18.5 Å². The third-order valence-electron chi connectivity index (χ3n) is 9.56. The summed E-state index contributed by atoms with van der Waals surface area (Å²) < 4.78 is 10.7. The summed E-state index contributed by atoms with van der Waals surface area (Å²) in [4.78, 5) is 23.9. The largest absolute Gasteiger partial charge is 0.462 e. The smallest absolute Gasteiger partial charge is 0.335 e. The number of aliphatic hydroxyl groups excluding tert-OH is 1. The summed E-state index contributed by atoms with van der Waals surface area (Å²) in [5.74, 6) is 2.02. The van der Waals surface area contributed by atoms with E-state index in [9.17, 15) is 9.59 Å². The summed E-state index contributed by atoms with van der Waals surface area (Å²) in [6, 6.07) is 9.52. The van der Waals surface area contributed by atoms with Crippen molar-refractivity contribution < 1.29 is 24.2 Å². The lowest BCUT2D eigenvalue weighted by Gasteiger charge is -2.38. The van der Waals surface area contributed by atoms with Gasteiger partial charge in [-0.3, -0.25) is 0 Å². The molecule has 5 nitrogen and oxygen atoms in total. The van der Waals surface area contributed by atoms with Gasteiger partial charge in [-0.1, -0.05) is 70.0 Å². The molecule has 2 aliphatic rings. The fourth-order valence-electron chi connectivity index (χ4n) is 6.77. The molecule has 41 heavy (non-hydrogen) atoms. The SMILES string of the molecule is C=C(C)C(=O)OCC(CCC1CCC(C2CCC(c3ccc(CCCCC)cc3)CC2)CC1)COC(=O)C(=C)CO. The highest BCUT2D eigenvalue weighted by atomic mass is 16.5. The number of rotatable bonds is 16. The third kappa shape index (κ3) is 11.1. The minimum Gasteiger partial charge on any atom is -0.462 e. The second-order valence-electron chi connectivity index (χ2n) is 12.8. The number of carbonyl (C=O) groups is 2. The first-order valence-corrected chi connectivity index (χ1v) is 16.2. The van der Waals surface area contributed by atoms with Gasteiger partial charge in [0.1, 0.15) is 0 Å². The Hall–Kier alpha value is -2.40. The van der Waals surface area contributed by atoms with Gasteiger partial charge in [0.2, 0.25) is 0 Å². The quantitative estimate of drug-likeness (QED) is 0.124. The van der Waals surface area contributed by atoms with Crippen molar-refractivity contribution in [3.05, 3.63) is 59.7 Å². The van der Waals surface area contributed by atoms with E-state index in [-0.39, 0.29) is 24.7 Å². The Labute approximate surface area is 248 Å². The average molecular weight is 567 g/mol. The van der Waals surface area contributed by atoms with Crippen LogP contribution in [0.4, 0.5) is 0 Å². The van der Waals surface area contributed by atoms with Crippen LogP contribution in [0.5, 0.6) is 0 Å². The molecule has 0 amide bonds. The molecule has 3 rings (SSSR count). The third-order valence-corrected chi connectivity index (χ3v) is 9.56. The Bertz CT molecular complexity index is 964. The highest BCUT2D eigenvalue weighted by molar-refractivity contribution is 5.88. The molecule has 0 spiro atoms. The summed E-state index contributed by atoms with van der Waals surface area (Å²) in [7, 11) is 0. The molecule has 2 aliphatic carbocycles. The van der Waals surface area contributed by atoms with Crippen molar-refractivity contribution >= 4 is 11.9 Å². The first-order valence-electron chi connectivity index (χ1n) is 16.2. The highest BCUT2D eigenvalue weighted by Gasteiger charge is 2.31. The number of hydrogen-bond donors (Lipinski definition) is 1. The number of aliphatic hydroxyl groups is 1. The van der Waals surface area contributed by atoms with Crippen molar-refractivity contribution in [2.24, 2.45) is 23.7 Å². The zero-order valence-corrected chi connectivity index (χ0v) is 25.7. The molecule has 2 fully saturated rings. The number of ether oxygens (including phenoxy) is 2. The molecule has 1 aromatic rings. The number of carbonyl (C=O) groups excluding carboxylic acids is 2. The van der Waals surface area contributed by atoms with Crippen LogP contribution in [-0.4, -0.2) is 36.9 Å². The van der Waals surface area contributed by atoms with E-state index in [0.717, 1.165) is 30.6 Å². The van der Waals surface area contributed by atoms with Crippen molar-refractivity contribution in [1.29, 1.82) is 0 Å². The van der Waals surface area contributed by atoms with Gasteiger partial charge in [0.25, 0.3) is 0 Å². The van der Waals surface area contributed by atoms with E-state index in [4.69, 9.17) is 14.6 Å². The van der Waals surface area contributed by atoms with Crippen LogP contribution >= 0.6 is 0 Å². The maximum Gasteiger partial charge on any atom is 0.335 e. The molecule has 0 bridgehead atoms. The van der Waals surface area contributed by atoms with Crippen molar-refractivity contribution in [3.8, 4) is 0 Å². The van der Waals surface area contributed by atoms with Crippen molar-refractivity contribution in [2.75, 3.05) is 19.8 Å². The first-order chi connectivity index (χ1) is 19.8. The van der Waals surface area contributed by atoms with Gasteiger partial charge in [0.15, 0.2) is 0 Å². The van der Waals surface area contributed by atoms with E-state index in [1.165, 1.54) is 82.6 Å². The Kier molecular flexibility index (Phi) is 14.2. The zero-order valence-electron chi connectivity index (χ0n) is 25.7. The average Bonchev–Trinajstić information content (AvgIpc) is 3.00. The van der Waals surface area contributed by atoms with E-state index >= 15 is 0 Å². The molecule has 0 radical (unpaired) electrons. The number of unbranched alkanes of at least 4 members (excludes halogenated alkanes) is 2. The highest BCUT2D eigenvalue weighted by Crippen LogP contribution is 2.44. The Morgan fingerprint density at radius 2 is 1.46 bits per heavy atom. The van der Waals surface area contributed by atoms with Gasteiger partial charge in [-0.05, 0) is 106 Å². The number of hydrogen-bond acceptors (Lipinski definition) is 5. The van der Waals surface area contributed by atoms with E-state index in [0.29, 0.717) is 11.5 Å². The van der Waals surface area contributed by atoms with E-state index in [2.05, 4.69) is 44.3 Å². The molecular weight excluding hydrogens is 512 g/mol. The van der Waals surface area contributed by atoms with Gasteiger partial charge in [0, 0.05) is 11.5 Å². The summed E-state index contributed by atoms with van der Waals surface area (Å²) in [5.41, 5.74) is 3.42. The van der Waals surface area contributed by atoms with Gasteiger partial charge in [-0.15, -0.1) is 0 Å². The van der Waals surface area contributed by atoms with Crippen LogP contribution in [0.2, 0.25) is 0 Å². The molecule has 228 valence electrons. The van der Waals surface area contributed by atoms with Crippen molar-refractivity contribution in [1.82, 2.24) is 0 Å². The fraction of sp³-hybridized carbons (Fsp3) is 0.667. The van der Waals surface area contributed by atoms with Crippen LogP contribution in [-0.2, 0) is 25.5 Å². The second-order valence-corrected chi connectivity index (χ2v) is 12.8. The van der Waals surface area contributed by atoms with Gasteiger partial charge in [-0.2, -0.15) is 0 Å². The van der Waals surface area contributed by atoms with E-state index in [1.54, 1.807) is 12.5 Å². The zero-order chi connectivity index (χ0) is 29.6. The molecule has 5 heteroatoms. The topological polar surface area (TPSA) is 72.8 Å². The summed E-state index contributed by atoms with van der Waals surface area (Å²) in [6.07, 6.45) is 17.5. The van der Waals surface area contributed by atoms with Crippen molar-refractivity contribution in [3.63, 3.8) is 0 Å². The van der Waals surface area contributed by atoms with Crippen LogP contribution in [0.1, 0.15) is 114 Å². The van der Waals surface area contributed by atoms with E-state index in [1.807, 2.05) is 0 Å². The molecule has 1 atom stereocenters. The fourth-order valence-corrected chi connectivity index (χ4v) is 6.77. The molecule has 0 heterocycles. The lowest BCUT2D eigenvalue weighted by molar-refractivity contribution is -0.144. The summed E-state index contributed by atoms with van der Waals surface area (Å²) in [6.45, 7) is 11.0. The van der Waals surface area contributed by atoms with Crippen LogP contribution in [0.3, 0.4) is 0 Å². The van der Waals surface area contributed by atoms with Crippen LogP contribution in [0.25, 0.3) is 0 Å². The second kappa shape index (κ2) is 17.5. The Balaban J connectivity index is 1.39. The molecule has 0 aliphatic heterocycles. The molecule has 0 saturated heterocycles. The van der Waals surface area contributed by atoms with Crippen LogP contribution in [0.15, 0.2) is 48.6 Å². The lowest BCUT2D eigenvalue weighted by atomic mass is 9.68. The molecule has 1 unspecified atom stereocenters. The predicted octanol–water partition coefficient (Wildman–Crippen LogP) is 8.11. The maximum atomic E-state index is 12.0. The first kappa shape index (κ1) is 33.1. The number of aryl methyl sites for hydroxylation is 1. The minimum absolute atomic E-state index is 0.0331. The summed E-state index contributed by atoms with van der Waals surface area (Å²) in [5, 5.41) is 9.12. The molecular formula is C36H54O5. The van der Waals surface area contributed by atoms with Gasteiger partial charge < -0.3 is 14.6 Å². The molecule has 2 saturated carbocycles. The van der Waals surface area contributed by atoms with Crippen molar-refractivity contribution in [2.45, 2.75) is 110 Å². The molecule has 0 aromatic heterocycles. The monoisotopic (exact) mass is 566 g/mol. The lowest BCUT2D eigenvalue weighted by Crippen LogP contribution is -2.26. The maximum absolute atomic E-state index is 12.0. The van der Waals surface area contributed by atoms with Gasteiger partial charge in [-0.25, -0.2) is 9.59 Å². The number of benzene rings is 1. The minimum atomic E-state index is -0.599. The predicted molar refractivity (Wildman–Crippen MR) is 165 cm³/mol. The normalized spacial score (nSPS) is 23.4. The van der Waals surface area contributed by atoms with Crippen LogP contribution in [0, 0.1) is 23.7 Å². The van der Waals surface area contributed by atoms with Crippen LogP contribution < -0.4 is 0 Å². The summed E-state index contributed by atoms with van der Waals surface area (Å²) >= 11 is 0.